The van der Waals surface area contributed by atoms with Crippen LogP contribution in [0, 0.1) is 5.92 Å². The monoisotopic (exact) mass is 278 g/mol. The van der Waals surface area contributed by atoms with E-state index in [1.165, 1.54) is 70.9 Å². The quantitative estimate of drug-likeness (QED) is 0.837. The lowest BCUT2D eigenvalue weighted by Crippen LogP contribution is -2.71. The summed E-state index contributed by atoms with van der Waals surface area (Å²) in [5.41, 5.74) is 0.821. The first kappa shape index (κ1) is 14.8. The van der Waals surface area contributed by atoms with Gasteiger partial charge in [0.15, 0.2) is 0 Å². The van der Waals surface area contributed by atoms with Gasteiger partial charge in [-0.2, -0.15) is 0 Å². The normalized spacial score (nSPS) is 36.1. The van der Waals surface area contributed by atoms with Gasteiger partial charge in [0.1, 0.15) is 0 Å². The first-order valence-corrected chi connectivity index (χ1v) is 9.15. The van der Waals surface area contributed by atoms with Crippen molar-refractivity contribution in [2.75, 3.05) is 13.1 Å². The van der Waals surface area contributed by atoms with Crippen molar-refractivity contribution in [1.82, 2.24) is 10.2 Å². The molecule has 1 saturated heterocycles. The SMILES string of the molecule is CCC1(CC)CN(C2CCCCC2)C(C)(C2CC2)CN1. The summed E-state index contributed by atoms with van der Waals surface area (Å²) in [7, 11) is 0. The standard InChI is InChI=1S/C18H34N2/c1-4-18(5-2)14-20(16-9-7-6-8-10-16)17(3,13-19-18)15-11-12-15/h15-16,19H,4-14H2,1-3H3. The highest BCUT2D eigenvalue weighted by Gasteiger charge is 2.52. The van der Waals surface area contributed by atoms with Gasteiger partial charge in [0, 0.05) is 30.2 Å². The van der Waals surface area contributed by atoms with Crippen molar-refractivity contribution in [2.24, 2.45) is 5.92 Å². The van der Waals surface area contributed by atoms with Crippen molar-refractivity contribution in [3.8, 4) is 0 Å². The number of hydrogen-bond donors (Lipinski definition) is 1. The fourth-order valence-corrected chi connectivity index (χ4v) is 4.78. The molecule has 0 aromatic heterocycles. The molecule has 1 atom stereocenters. The summed E-state index contributed by atoms with van der Waals surface area (Å²) in [5, 5.41) is 3.97. The predicted molar refractivity (Wildman–Crippen MR) is 86.0 cm³/mol. The lowest BCUT2D eigenvalue weighted by atomic mass is 9.79. The van der Waals surface area contributed by atoms with E-state index in [1.54, 1.807) is 0 Å². The van der Waals surface area contributed by atoms with Gasteiger partial charge in [0.05, 0.1) is 0 Å². The summed E-state index contributed by atoms with van der Waals surface area (Å²) in [6.45, 7) is 9.81. The van der Waals surface area contributed by atoms with Crippen molar-refractivity contribution in [3.63, 3.8) is 0 Å². The molecule has 1 N–H and O–H groups in total. The Hall–Kier alpha value is -0.0800. The van der Waals surface area contributed by atoms with E-state index in [0.717, 1.165) is 12.0 Å². The van der Waals surface area contributed by atoms with E-state index in [0.29, 0.717) is 11.1 Å². The summed E-state index contributed by atoms with van der Waals surface area (Å²) >= 11 is 0. The van der Waals surface area contributed by atoms with Gasteiger partial charge >= 0.3 is 0 Å². The summed E-state index contributed by atoms with van der Waals surface area (Å²) in [6, 6.07) is 0.869. The van der Waals surface area contributed by atoms with E-state index in [4.69, 9.17) is 0 Å². The molecule has 0 aromatic carbocycles. The van der Waals surface area contributed by atoms with E-state index in [9.17, 15) is 0 Å². The Morgan fingerprint density at radius 3 is 2.20 bits per heavy atom. The van der Waals surface area contributed by atoms with Gasteiger partial charge in [0.2, 0.25) is 0 Å². The molecule has 116 valence electrons. The molecule has 20 heavy (non-hydrogen) atoms. The summed E-state index contributed by atoms with van der Waals surface area (Å²) in [5.74, 6) is 0.962. The topological polar surface area (TPSA) is 15.3 Å². The summed E-state index contributed by atoms with van der Waals surface area (Å²) < 4.78 is 0. The molecule has 0 spiro atoms. The molecule has 3 aliphatic rings. The van der Waals surface area contributed by atoms with Crippen molar-refractivity contribution < 1.29 is 0 Å². The Labute approximate surface area is 125 Å². The fraction of sp³-hybridized carbons (Fsp3) is 1.00. The highest BCUT2D eigenvalue weighted by molar-refractivity contribution is 5.10. The van der Waals surface area contributed by atoms with E-state index < -0.39 is 0 Å². The first-order chi connectivity index (χ1) is 9.63. The fourth-order valence-electron chi connectivity index (χ4n) is 4.78. The van der Waals surface area contributed by atoms with Crippen LogP contribution in [0.4, 0.5) is 0 Å². The van der Waals surface area contributed by atoms with Crippen LogP contribution in [0.15, 0.2) is 0 Å². The average molecular weight is 278 g/mol. The van der Waals surface area contributed by atoms with E-state index >= 15 is 0 Å². The molecule has 3 fully saturated rings. The third-order valence-electron chi connectivity index (χ3n) is 6.78. The lowest BCUT2D eigenvalue weighted by Gasteiger charge is -2.57. The molecule has 1 unspecified atom stereocenters. The van der Waals surface area contributed by atoms with Crippen LogP contribution >= 0.6 is 0 Å². The predicted octanol–water partition coefficient (Wildman–Crippen LogP) is 3.95. The molecule has 2 nitrogen and oxygen atoms in total. The van der Waals surface area contributed by atoms with E-state index in [1.807, 2.05) is 0 Å². The second-order valence-electron chi connectivity index (χ2n) is 7.89. The molecule has 0 radical (unpaired) electrons. The number of rotatable bonds is 4. The molecule has 2 heteroatoms. The maximum absolute atomic E-state index is 3.97. The Morgan fingerprint density at radius 2 is 1.65 bits per heavy atom. The minimum absolute atomic E-state index is 0.381. The molecule has 0 amide bonds. The third-order valence-corrected chi connectivity index (χ3v) is 6.78. The number of nitrogens with one attached hydrogen (secondary N) is 1. The number of nitrogens with zero attached hydrogens (tertiary/aromatic N) is 1. The molecular formula is C18H34N2. The molecule has 2 saturated carbocycles. The molecule has 1 aliphatic heterocycles. The zero-order chi connectivity index (χ0) is 14.2. The Morgan fingerprint density at radius 1 is 1.00 bits per heavy atom. The van der Waals surface area contributed by atoms with Gasteiger partial charge < -0.3 is 5.32 Å². The van der Waals surface area contributed by atoms with E-state index in [2.05, 4.69) is 31.0 Å². The van der Waals surface area contributed by atoms with Crippen molar-refractivity contribution in [1.29, 1.82) is 0 Å². The minimum Gasteiger partial charge on any atom is -0.308 e. The van der Waals surface area contributed by atoms with Crippen LogP contribution in [-0.2, 0) is 0 Å². The number of piperazine rings is 1. The van der Waals surface area contributed by atoms with Gasteiger partial charge in [-0.15, -0.1) is 0 Å². The van der Waals surface area contributed by atoms with Crippen molar-refractivity contribution in [2.45, 2.75) is 95.7 Å². The van der Waals surface area contributed by atoms with Crippen LogP contribution in [0.25, 0.3) is 0 Å². The summed E-state index contributed by atoms with van der Waals surface area (Å²) in [4.78, 5) is 2.98. The largest absolute Gasteiger partial charge is 0.308 e. The van der Waals surface area contributed by atoms with E-state index in [-0.39, 0.29) is 0 Å². The lowest BCUT2D eigenvalue weighted by molar-refractivity contribution is -0.0426. The van der Waals surface area contributed by atoms with Crippen LogP contribution in [0.3, 0.4) is 0 Å². The number of hydrogen-bond acceptors (Lipinski definition) is 2. The van der Waals surface area contributed by atoms with Crippen LogP contribution in [-0.4, -0.2) is 35.1 Å². The zero-order valence-corrected chi connectivity index (χ0v) is 13.9. The first-order valence-electron chi connectivity index (χ1n) is 9.15. The van der Waals surface area contributed by atoms with Crippen molar-refractivity contribution >= 4 is 0 Å². The van der Waals surface area contributed by atoms with Crippen LogP contribution in [0.2, 0.25) is 0 Å². The smallest absolute Gasteiger partial charge is 0.0337 e. The Kier molecular flexibility index (Phi) is 4.16. The molecule has 2 aliphatic carbocycles. The molecule has 3 rings (SSSR count). The zero-order valence-electron chi connectivity index (χ0n) is 13.9. The van der Waals surface area contributed by atoms with Crippen LogP contribution in [0.1, 0.15) is 78.6 Å². The maximum Gasteiger partial charge on any atom is 0.0337 e. The minimum atomic E-state index is 0.381. The average Bonchev–Trinajstić information content (AvgIpc) is 3.34. The van der Waals surface area contributed by atoms with Gasteiger partial charge in [-0.05, 0) is 51.4 Å². The van der Waals surface area contributed by atoms with Gasteiger partial charge in [-0.1, -0.05) is 33.1 Å². The van der Waals surface area contributed by atoms with Gasteiger partial charge in [-0.3, -0.25) is 4.90 Å². The van der Waals surface area contributed by atoms with Crippen LogP contribution in [0.5, 0.6) is 0 Å². The van der Waals surface area contributed by atoms with Gasteiger partial charge in [-0.25, -0.2) is 0 Å². The van der Waals surface area contributed by atoms with Gasteiger partial charge in [0.25, 0.3) is 0 Å². The Balaban J connectivity index is 1.81. The highest BCUT2D eigenvalue weighted by Crippen LogP contribution is 2.47. The molecule has 1 heterocycles. The molecule has 0 bridgehead atoms. The second kappa shape index (κ2) is 5.61. The van der Waals surface area contributed by atoms with Crippen LogP contribution < -0.4 is 5.32 Å². The molecule has 0 aromatic rings. The third kappa shape index (κ3) is 2.54. The Bertz CT molecular complexity index is 326. The second-order valence-corrected chi connectivity index (χ2v) is 7.89. The molecular weight excluding hydrogens is 244 g/mol. The summed E-state index contributed by atoms with van der Waals surface area (Å²) in [6.07, 6.45) is 12.8. The highest BCUT2D eigenvalue weighted by atomic mass is 15.3. The van der Waals surface area contributed by atoms with Crippen molar-refractivity contribution in [3.05, 3.63) is 0 Å². The maximum atomic E-state index is 3.97.